The van der Waals surface area contributed by atoms with Gasteiger partial charge in [0.05, 0.1) is 27.9 Å². The quantitative estimate of drug-likeness (QED) is 0.837. The monoisotopic (exact) mass is 353 g/mol. The number of carbonyl (C=O) groups is 2. The highest BCUT2D eigenvalue weighted by molar-refractivity contribution is 6.38. The lowest BCUT2D eigenvalue weighted by Gasteiger charge is -2.10. The Labute approximate surface area is 142 Å². The van der Waals surface area contributed by atoms with Crippen LogP contribution in [-0.2, 0) is 0 Å². The number of carboxylic acid groups (broad SMARTS) is 1. The summed E-state index contributed by atoms with van der Waals surface area (Å²) in [5.41, 5.74) is 0.418. The van der Waals surface area contributed by atoms with Crippen LogP contribution in [0.25, 0.3) is 0 Å². The van der Waals surface area contributed by atoms with Crippen molar-refractivity contribution in [2.24, 2.45) is 0 Å². The number of carboxylic acids is 1. The molecule has 0 unspecified atom stereocenters. The molecule has 0 saturated heterocycles. The van der Waals surface area contributed by atoms with Gasteiger partial charge in [0.1, 0.15) is 5.75 Å². The Kier molecular flexibility index (Phi) is 5.47. The molecule has 0 atom stereocenters. The number of hydrogen-bond acceptors (Lipinski definition) is 3. The van der Waals surface area contributed by atoms with Crippen molar-refractivity contribution in [3.63, 3.8) is 0 Å². The molecule has 0 bridgehead atoms. The number of aromatic carboxylic acids is 1. The van der Waals surface area contributed by atoms with E-state index in [1.807, 2.05) is 6.92 Å². The molecule has 0 aliphatic carbocycles. The summed E-state index contributed by atoms with van der Waals surface area (Å²) >= 11 is 11.8. The largest absolute Gasteiger partial charge is 0.494 e. The van der Waals surface area contributed by atoms with Crippen molar-refractivity contribution in [3.8, 4) is 5.75 Å². The molecule has 0 saturated carbocycles. The van der Waals surface area contributed by atoms with E-state index in [9.17, 15) is 9.59 Å². The molecule has 1 amide bonds. The van der Waals surface area contributed by atoms with Crippen molar-refractivity contribution in [1.82, 2.24) is 0 Å². The Morgan fingerprint density at radius 2 is 1.78 bits per heavy atom. The van der Waals surface area contributed by atoms with Gasteiger partial charge in [-0.05, 0) is 43.3 Å². The maximum Gasteiger partial charge on any atom is 0.337 e. The number of amides is 1. The third-order valence-electron chi connectivity index (χ3n) is 2.96. The van der Waals surface area contributed by atoms with Crippen molar-refractivity contribution < 1.29 is 19.4 Å². The van der Waals surface area contributed by atoms with Crippen molar-refractivity contribution in [2.75, 3.05) is 11.9 Å². The first-order valence-corrected chi connectivity index (χ1v) is 7.44. The van der Waals surface area contributed by atoms with E-state index in [0.29, 0.717) is 17.9 Å². The number of rotatable bonds is 5. The van der Waals surface area contributed by atoms with Gasteiger partial charge in [0.25, 0.3) is 5.91 Å². The van der Waals surface area contributed by atoms with Crippen LogP contribution < -0.4 is 10.1 Å². The van der Waals surface area contributed by atoms with Crippen LogP contribution in [0, 0.1) is 0 Å². The van der Waals surface area contributed by atoms with Crippen LogP contribution in [0.1, 0.15) is 27.6 Å². The van der Waals surface area contributed by atoms with Gasteiger partial charge < -0.3 is 15.2 Å². The predicted molar refractivity (Wildman–Crippen MR) is 89.0 cm³/mol. The molecule has 0 heterocycles. The van der Waals surface area contributed by atoms with Crippen LogP contribution in [0.5, 0.6) is 5.75 Å². The Bertz CT molecular complexity index is 744. The van der Waals surface area contributed by atoms with Crippen LogP contribution in [0.3, 0.4) is 0 Å². The van der Waals surface area contributed by atoms with Gasteiger partial charge in [-0.2, -0.15) is 0 Å². The summed E-state index contributed by atoms with van der Waals surface area (Å²) in [5, 5.41) is 11.8. The average Bonchev–Trinajstić information content (AvgIpc) is 2.50. The summed E-state index contributed by atoms with van der Waals surface area (Å²) in [7, 11) is 0. The lowest BCUT2D eigenvalue weighted by molar-refractivity contribution is 0.0696. The van der Waals surface area contributed by atoms with E-state index in [-0.39, 0.29) is 21.3 Å². The molecule has 0 radical (unpaired) electrons. The smallest absolute Gasteiger partial charge is 0.337 e. The van der Waals surface area contributed by atoms with Gasteiger partial charge in [-0.1, -0.05) is 23.2 Å². The van der Waals surface area contributed by atoms with Crippen LogP contribution in [0.15, 0.2) is 36.4 Å². The first kappa shape index (κ1) is 17.1. The lowest BCUT2D eigenvalue weighted by Crippen LogP contribution is -2.13. The molecule has 2 N–H and O–H groups in total. The Morgan fingerprint density at radius 3 is 2.35 bits per heavy atom. The molecule has 2 aromatic carbocycles. The summed E-state index contributed by atoms with van der Waals surface area (Å²) in [6.07, 6.45) is 0. The van der Waals surface area contributed by atoms with Gasteiger partial charge in [0.15, 0.2) is 0 Å². The van der Waals surface area contributed by atoms with E-state index in [1.165, 1.54) is 12.1 Å². The third kappa shape index (κ3) is 4.15. The van der Waals surface area contributed by atoms with Crippen molar-refractivity contribution in [1.29, 1.82) is 0 Å². The Hall–Kier alpha value is -2.24. The first-order valence-electron chi connectivity index (χ1n) is 6.69. The van der Waals surface area contributed by atoms with Gasteiger partial charge in [-0.25, -0.2) is 4.79 Å². The maximum atomic E-state index is 12.2. The fourth-order valence-electron chi connectivity index (χ4n) is 1.87. The van der Waals surface area contributed by atoms with Gasteiger partial charge in [0, 0.05) is 5.56 Å². The highest BCUT2D eigenvalue weighted by Gasteiger charge is 2.15. The molecular formula is C16H13Cl2NO4. The minimum atomic E-state index is -1.21. The zero-order valence-corrected chi connectivity index (χ0v) is 13.6. The molecule has 0 aliphatic heterocycles. The minimum Gasteiger partial charge on any atom is -0.494 e. The van der Waals surface area contributed by atoms with Gasteiger partial charge in [-0.15, -0.1) is 0 Å². The topological polar surface area (TPSA) is 75.6 Å². The number of carbonyl (C=O) groups excluding carboxylic acids is 1. The molecule has 0 aliphatic rings. The summed E-state index contributed by atoms with van der Waals surface area (Å²) in [6, 6.07) is 9.04. The second kappa shape index (κ2) is 7.35. The normalized spacial score (nSPS) is 10.2. The second-order valence-electron chi connectivity index (χ2n) is 4.53. The standard InChI is InChI=1S/C16H13Cl2NO4/c1-2-23-10-5-3-9(4-6-10)15(20)19-14-7-11(16(21)22)12(17)8-13(14)18/h3-8H,2H2,1H3,(H,19,20)(H,21,22). The molecule has 0 spiro atoms. The van der Waals surface area contributed by atoms with Crippen molar-refractivity contribution in [2.45, 2.75) is 6.92 Å². The lowest BCUT2D eigenvalue weighted by atomic mass is 10.1. The summed E-state index contributed by atoms with van der Waals surface area (Å²) in [4.78, 5) is 23.3. The number of nitrogens with one attached hydrogen (secondary N) is 1. The molecule has 120 valence electrons. The zero-order chi connectivity index (χ0) is 17.0. The van der Waals surface area contributed by atoms with Gasteiger partial charge >= 0.3 is 5.97 Å². The van der Waals surface area contributed by atoms with Gasteiger partial charge in [0.2, 0.25) is 0 Å². The first-order chi connectivity index (χ1) is 10.9. The zero-order valence-electron chi connectivity index (χ0n) is 12.1. The molecule has 7 heteroatoms. The van der Waals surface area contributed by atoms with E-state index in [2.05, 4.69) is 5.32 Å². The summed E-state index contributed by atoms with van der Waals surface area (Å²) < 4.78 is 5.30. The SMILES string of the molecule is CCOc1ccc(C(=O)Nc2cc(C(=O)O)c(Cl)cc2Cl)cc1. The van der Waals surface area contributed by atoms with E-state index in [0.717, 1.165) is 0 Å². The Balaban J connectivity index is 2.22. The van der Waals surface area contributed by atoms with E-state index in [4.69, 9.17) is 33.0 Å². The Morgan fingerprint density at radius 1 is 1.13 bits per heavy atom. The average molecular weight is 354 g/mol. The highest BCUT2D eigenvalue weighted by atomic mass is 35.5. The second-order valence-corrected chi connectivity index (χ2v) is 5.34. The number of benzene rings is 2. The number of halogens is 2. The minimum absolute atomic E-state index is 0.00145. The molecular weight excluding hydrogens is 341 g/mol. The third-order valence-corrected chi connectivity index (χ3v) is 3.59. The predicted octanol–water partition coefficient (Wildman–Crippen LogP) is 4.34. The molecule has 5 nitrogen and oxygen atoms in total. The summed E-state index contributed by atoms with van der Waals surface area (Å²) in [5.74, 6) is -0.974. The fourth-order valence-corrected chi connectivity index (χ4v) is 2.38. The highest BCUT2D eigenvalue weighted by Crippen LogP contribution is 2.29. The van der Waals surface area contributed by atoms with Gasteiger partial charge in [-0.3, -0.25) is 4.79 Å². The van der Waals surface area contributed by atoms with Crippen LogP contribution in [0.4, 0.5) is 5.69 Å². The molecule has 2 rings (SSSR count). The molecule has 0 fully saturated rings. The maximum absolute atomic E-state index is 12.2. The van der Waals surface area contributed by atoms with E-state index >= 15 is 0 Å². The molecule has 23 heavy (non-hydrogen) atoms. The number of ether oxygens (including phenoxy) is 1. The van der Waals surface area contributed by atoms with Crippen LogP contribution in [0.2, 0.25) is 10.0 Å². The van der Waals surface area contributed by atoms with E-state index in [1.54, 1.807) is 24.3 Å². The number of hydrogen-bond donors (Lipinski definition) is 2. The van der Waals surface area contributed by atoms with Crippen molar-refractivity contribution >= 4 is 40.8 Å². The summed E-state index contributed by atoms with van der Waals surface area (Å²) in [6.45, 7) is 2.40. The van der Waals surface area contributed by atoms with Crippen molar-refractivity contribution in [3.05, 3.63) is 57.6 Å². The van der Waals surface area contributed by atoms with E-state index < -0.39 is 11.9 Å². The fraction of sp³-hybridized carbons (Fsp3) is 0.125. The molecule has 0 aromatic heterocycles. The van der Waals surface area contributed by atoms with Crippen LogP contribution >= 0.6 is 23.2 Å². The van der Waals surface area contributed by atoms with Crippen LogP contribution in [-0.4, -0.2) is 23.6 Å². The molecule has 2 aromatic rings. The number of anilines is 1.